The molecular formula is C35H29NS. The molecular weight excluding hydrogens is 466 g/mol. The molecule has 0 aliphatic carbocycles. The summed E-state index contributed by atoms with van der Waals surface area (Å²) in [5.74, 6) is 0. The van der Waals surface area contributed by atoms with E-state index in [2.05, 4.69) is 104 Å². The van der Waals surface area contributed by atoms with E-state index in [1.54, 1.807) is 0 Å². The van der Waals surface area contributed by atoms with Crippen molar-refractivity contribution in [3.63, 3.8) is 0 Å². The van der Waals surface area contributed by atoms with E-state index in [9.17, 15) is 0 Å². The van der Waals surface area contributed by atoms with Crippen molar-refractivity contribution in [1.82, 2.24) is 4.98 Å². The molecule has 1 nitrogen and oxygen atoms in total. The third kappa shape index (κ3) is 3.61. The Morgan fingerprint density at radius 1 is 0.838 bits per heavy atom. The van der Waals surface area contributed by atoms with Crippen molar-refractivity contribution in [2.24, 2.45) is 0 Å². The van der Waals surface area contributed by atoms with Crippen molar-refractivity contribution in [1.29, 1.82) is 0 Å². The highest BCUT2D eigenvalue weighted by molar-refractivity contribution is 7.26. The minimum absolute atomic E-state index is 0. The van der Waals surface area contributed by atoms with Gasteiger partial charge >= 0.3 is 0 Å². The van der Waals surface area contributed by atoms with Crippen LogP contribution in [0.5, 0.6) is 0 Å². The summed E-state index contributed by atoms with van der Waals surface area (Å²) in [4.78, 5) is 3.75. The third-order valence-corrected chi connectivity index (χ3v) is 8.27. The second-order valence-corrected chi connectivity index (χ2v) is 10.2. The molecule has 0 radical (unpaired) electrons. The van der Waals surface area contributed by atoms with Gasteiger partial charge in [0.05, 0.1) is 10.2 Å². The van der Waals surface area contributed by atoms with Crippen LogP contribution >= 0.6 is 11.3 Å². The van der Waals surface area contributed by atoms with E-state index in [4.69, 9.17) is 0 Å². The third-order valence-electron chi connectivity index (χ3n) is 7.08. The molecule has 2 heterocycles. The average Bonchev–Trinajstić information content (AvgIpc) is 3.51. The van der Waals surface area contributed by atoms with Gasteiger partial charge in [-0.2, -0.15) is 0 Å². The summed E-state index contributed by atoms with van der Waals surface area (Å²) in [5.41, 5.74) is 9.20. The van der Waals surface area contributed by atoms with Gasteiger partial charge in [0.2, 0.25) is 0 Å². The Morgan fingerprint density at radius 3 is 2.35 bits per heavy atom. The van der Waals surface area contributed by atoms with Crippen LogP contribution in [0.1, 0.15) is 25.0 Å². The van der Waals surface area contributed by atoms with Crippen LogP contribution < -0.4 is 0 Å². The molecule has 0 bridgehead atoms. The number of thiophene rings is 1. The molecule has 4 aromatic carbocycles. The summed E-state index contributed by atoms with van der Waals surface area (Å²) in [5, 5.41) is 4.87. The number of aromatic nitrogens is 1. The highest BCUT2D eigenvalue weighted by atomic mass is 32.1. The molecule has 0 aliphatic heterocycles. The largest absolute Gasteiger partial charge is 0.353 e. The van der Waals surface area contributed by atoms with Gasteiger partial charge in [-0.3, -0.25) is 0 Å². The van der Waals surface area contributed by atoms with E-state index < -0.39 is 0 Å². The van der Waals surface area contributed by atoms with Gasteiger partial charge in [-0.05, 0) is 64.6 Å². The van der Waals surface area contributed by atoms with Gasteiger partial charge in [0.25, 0.3) is 0 Å². The molecule has 0 amide bonds. The zero-order valence-electron chi connectivity index (χ0n) is 20.8. The SMILES string of the molecule is C=C/C(=C\C=C/C)c1ccc2sc3c4[nH]c5ccc(-c6ccccc6)cc5c4c(C=C)c(C=C)c3c2c1.[HH]. The van der Waals surface area contributed by atoms with E-state index in [0.29, 0.717) is 0 Å². The molecule has 6 aromatic rings. The molecule has 2 heteroatoms. The van der Waals surface area contributed by atoms with Crippen LogP contribution in [0.25, 0.3) is 70.8 Å². The lowest BCUT2D eigenvalue weighted by atomic mass is 9.93. The fourth-order valence-electron chi connectivity index (χ4n) is 5.35. The Hall–Kier alpha value is -4.40. The first-order chi connectivity index (χ1) is 18.2. The molecule has 0 saturated carbocycles. The number of benzene rings is 4. The maximum atomic E-state index is 4.24. The van der Waals surface area contributed by atoms with Gasteiger partial charge in [-0.25, -0.2) is 0 Å². The van der Waals surface area contributed by atoms with Crippen LogP contribution in [-0.2, 0) is 0 Å². The summed E-state index contributed by atoms with van der Waals surface area (Å²) in [6.45, 7) is 14.5. The smallest absolute Gasteiger partial charge is 0.0653 e. The first-order valence-electron chi connectivity index (χ1n) is 12.4. The van der Waals surface area contributed by atoms with Crippen molar-refractivity contribution in [2.45, 2.75) is 6.92 Å². The highest BCUT2D eigenvalue weighted by Gasteiger charge is 2.20. The lowest BCUT2D eigenvalue weighted by Gasteiger charge is -2.09. The Morgan fingerprint density at radius 2 is 1.62 bits per heavy atom. The number of rotatable bonds is 6. The maximum absolute atomic E-state index is 4.24. The number of hydrogen-bond acceptors (Lipinski definition) is 1. The van der Waals surface area contributed by atoms with Crippen LogP contribution in [0.15, 0.2) is 111 Å². The molecule has 0 unspecified atom stereocenters. The molecule has 0 saturated heterocycles. The predicted molar refractivity (Wildman–Crippen MR) is 169 cm³/mol. The van der Waals surface area contributed by atoms with Gasteiger partial charge in [0, 0.05) is 33.2 Å². The Bertz CT molecular complexity index is 1930. The van der Waals surface area contributed by atoms with E-state index in [0.717, 1.165) is 33.3 Å². The van der Waals surface area contributed by atoms with Crippen LogP contribution in [0, 0.1) is 0 Å². The van der Waals surface area contributed by atoms with Crippen molar-refractivity contribution in [2.75, 3.05) is 0 Å². The summed E-state index contributed by atoms with van der Waals surface area (Å²) < 4.78 is 2.50. The topological polar surface area (TPSA) is 15.8 Å². The molecule has 2 aromatic heterocycles. The first kappa shape index (κ1) is 23.0. The zero-order chi connectivity index (χ0) is 25.5. The van der Waals surface area contributed by atoms with E-state index in [1.165, 1.54) is 42.1 Å². The molecule has 6 rings (SSSR count). The van der Waals surface area contributed by atoms with Gasteiger partial charge < -0.3 is 4.98 Å². The van der Waals surface area contributed by atoms with Crippen molar-refractivity contribution in [3.05, 3.63) is 127 Å². The molecule has 0 fully saturated rings. The molecule has 180 valence electrons. The van der Waals surface area contributed by atoms with Gasteiger partial charge in [-0.15, -0.1) is 11.3 Å². The minimum Gasteiger partial charge on any atom is -0.353 e. The van der Waals surface area contributed by atoms with Crippen molar-refractivity contribution < 1.29 is 1.43 Å². The van der Waals surface area contributed by atoms with E-state index >= 15 is 0 Å². The monoisotopic (exact) mass is 495 g/mol. The summed E-state index contributed by atoms with van der Waals surface area (Å²) in [6, 6.07) is 23.9. The fourth-order valence-corrected chi connectivity index (χ4v) is 6.55. The number of allylic oxidation sites excluding steroid dienone is 5. The molecule has 1 N–H and O–H groups in total. The highest BCUT2D eigenvalue weighted by Crippen LogP contribution is 2.46. The summed E-state index contributed by atoms with van der Waals surface area (Å²) in [7, 11) is 0. The van der Waals surface area contributed by atoms with Crippen LogP contribution in [0.3, 0.4) is 0 Å². The van der Waals surface area contributed by atoms with Crippen LogP contribution in [-0.4, -0.2) is 4.98 Å². The first-order valence-corrected chi connectivity index (χ1v) is 13.2. The molecule has 0 spiro atoms. The van der Waals surface area contributed by atoms with Gasteiger partial charge in [0.15, 0.2) is 0 Å². The molecule has 0 atom stereocenters. The van der Waals surface area contributed by atoms with Crippen molar-refractivity contribution >= 4 is 71.0 Å². The number of nitrogens with one attached hydrogen (secondary N) is 1. The second kappa shape index (κ2) is 9.24. The van der Waals surface area contributed by atoms with Crippen LogP contribution in [0.4, 0.5) is 0 Å². The standard InChI is InChI=1S/C35H27NS.H2/c1-5-9-13-22(6-2)24-17-19-31-29(21-24)33-27(8-4)26(7-3)32-28-20-25(23-14-11-10-12-15-23)16-18-30(28)36-34(32)35(33)37-31;/h5-21,36H,2-4H2,1H3;1H/b9-5-,22-13+;. The lowest BCUT2D eigenvalue weighted by Crippen LogP contribution is -1.86. The molecule has 0 aliphatic rings. The number of fused-ring (bicyclic) bond motifs is 7. The van der Waals surface area contributed by atoms with Gasteiger partial charge in [-0.1, -0.05) is 98.7 Å². The quantitative estimate of drug-likeness (QED) is 0.221. The normalized spacial score (nSPS) is 12.3. The maximum Gasteiger partial charge on any atom is 0.0653 e. The number of H-pyrrole nitrogens is 1. The zero-order valence-corrected chi connectivity index (χ0v) is 21.7. The Balaban J connectivity index is 0.00000294. The Kier molecular flexibility index (Phi) is 5.75. The van der Waals surface area contributed by atoms with Gasteiger partial charge in [0.1, 0.15) is 0 Å². The molecule has 37 heavy (non-hydrogen) atoms. The van der Waals surface area contributed by atoms with E-state index in [-0.39, 0.29) is 1.43 Å². The summed E-state index contributed by atoms with van der Waals surface area (Å²) >= 11 is 1.83. The minimum atomic E-state index is 0. The van der Waals surface area contributed by atoms with E-state index in [1.807, 2.05) is 42.6 Å². The number of aromatic amines is 1. The summed E-state index contributed by atoms with van der Waals surface area (Å²) in [6.07, 6.45) is 12.1. The second-order valence-electron chi connectivity index (χ2n) is 9.11. The Labute approximate surface area is 222 Å². The van der Waals surface area contributed by atoms with Crippen molar-refractivity contribution in [3.8, 4) is 11.1 Å². The fraction of sp³-hybridized carbons (Fsp3) is 0.0286. The average molecular weight is 496 g/mol. The predicted octanol–water partition coefficient (Wildman–Crippen LogP) is 11.0. The number of hydrogen-bond donors (Lipinski definition) is 1. The van der Waals surface area contributed by atoms with Crippen LogP contribution in [0.2, 0.25) is 0 Å². The lowest BCUT2D eigenvalue weighted by molar-refractivity contribution is 1.56.